The molecule has 0 aliphatic rings. The van der Waals surface area contributed by atoms with Crippen LogP contribution < -0.4 is 0 Å². The molecular formula is C12H9IN2. The Morgan fingerprint density at radius 2 is 2.07 bits per heavy atom. The number of hydrogen-bond donors (Lipinski definition) is 0. The van der Waals surface area contributed by atoms with Crippen LogP contribution in [0.2, 0.25) is 0 Å². The molecule has 15 heavy (non-hydrogen) atoms. The first-order chi connectivity index (χ1) is 7.13. The molecule has 0 aliphatic carbocycles. The second-order valence-corrected chi connectivity index (χ2v) is 4.59. The topological polar surface area (TPSA) is 36.7 Å². The van der Waals surface area contributed by atoms with Crippen molar-refractivity contribution in [1.82, 2.24) is 4.98 Å². The summed E-state index contributed by atoms with van der Waals surface area (Å²) in [5.74, 6) is 0. The van der Waals surface area contributed by atoms with Gasteiger partial charge in [0.1, 0.15) is 11.8 Å². The lowest BCUT2D eigenvalue weighted by Gasteiger charge is -2.07. The zero-order chi connectivity index (χ0) is 11.0. The molecule has 0 fully saturated rings. The van der Waals surface area contributed by atoms with Gasteiger partial charge in [-0.25, -0.2) is 4.98 Å². The second kappa shape index (κ2) is 3.78. The van der Waals surface area contributed by atoms with Crippen molar-refractivity contribution < 1.29 is 0 Å². The maximum atomic E-state index is 8.78. The van der Waals surface area contributed by atoms with Crippen molar-refractivity contribution in [3.63, 3.8) is 0 Å². The van der Waals surface area contributed by atoms with Crippen LogP contribution in [0.15, 0.2) is 18.2 Å². The minimum absolute atomic E-state index is 0.474. The SMILES string of the molecule is Cc1cc2nc(C#N)ccc2c(I)c1C. The summed E-state index contributed by atoms with van der Waals surface area (Å²) >= 11 is 2.33. The fourth-order valence-electron chi connectivity index (χ4n) is 1.52. The van der Waals surface area contributed by atoms with E-state index < -0.39 is 0 Å². The molecule has 0 unspecified atom stereocenters. The van der Waals surface area contributed by atoms with Crippen LogP contribution >= 0.6 is 22.6 Å². The van der Waals surface area contributed by atoms with Gasteiger partial charge in [-0.15, -0.1) is 0 Å². The van der Waals surface area contributed by atoms with Crippen molar-refractivity contribution in [2.75, 3.05) is 0 Å². The molecule has 0 N–H and O–H groups in total. The molecule has 1 aromatic heterocycles. The molecule has 0 amide bonds. The Morgan fingerprint density at radius 3 is 2.73 bits per heavy atom. The molecule has 3 heteroatoms. The monoisotopic (exact) mass is 308 g/mol. The quantitative estimate of drug-likeness (QED) is 0.700. The fraction of sp³-hybridized carbons (Fsp3) is 0.167. The molecule has 2 aromatic rings. The largest absolute Gasteiger partial charge is 0.237 e. The zero-order valence-corrected chi connectivity index (χ0v) is 10.7. The van der Waals surface area contributed by atoms with Gasteiger partial charge in [0.25, 0.3) is 0 Å². The molecule has 1 aromatic carbocycles. The van der Waals surface area contributed by atoms with Crippen LogP contribution in [0.4, 0.5) is 0 Å². The molecular weight excluding hydrogens is 299 g/mol. The Kier molecular flexibility index (Phi) is 2.61. The molecule has 0 saturated carbocycles. The first kappa shape index (κ1) is 10.4. The molecule has 0 atom stereocenters. The molecule has 0 radical (unpaired) electrons. The summed E-state index contributed by atoms with van der Waals surface area (Å²) in [7, 11) is 0. The van der Waals surface area contributed by atoms with Gasteiger partial charge >= 0.3 is 0 Å². The molecule has 2 rings (SSSR count). The number of hydrogen-bond acceptors (Lipinski definition) is 2. The van der Waals surface area contributed by atoms with Crippen LogP contribution in [0.25, 0.3) is 10.9 Å². The van der Waals surface area contributed by atoms with Gasteiger partial charge in [0, 0.05) is 8.96 Å². The summed E-state index contributed by atoms with van der Waals surface area (Å²) in [6.45, 7) is 4.17. The summed E-state index contributed by atoms with van der Waals surface area (Å²) in [6, 6.07) is 7.82. The maximum absolute atomic E-state index is 8.78. The lowest BCUT2D eigenvalue weighted by molar-refractivity contribution is 1.28. The Morgan fingerprint density at radius 1 is 1.33 bits per heavy atom. The van der Waals surface area contributed by atoms with Gasteiger partial charge in [-0.05, 0) is 65.8 Å². The van der Waals surface area contributed by atoms with E-state index in [1.54, 1.807) is 6.07 Å². The first-order valence-corrected chi connectivity index (χ1v) is 5.68. The van der Waals surface area contributed by atoms with Crippen LogP contribution in [-0.4, -0.2) is 4.98 Å². The number of aryl methyl sites for hydroxylation is 1. The number of fused-ring (bicyclic) bond motifs is 1. The molecule has 2 nitrogen and oxygen atoms in total. The van der Waals surface area contributed by atoms with Crippen molar-refractivity contribution in [2.45, 2.75) is 13.8 Å². The maximum Gasteiger partial charge on any atom is 0.141 e. The van der Waals surface area contributed by atoms with E-state index in [4.69, 9.17) is 5.26 Å². The Labute approximate surface area is 102 Å². The average molecular weight is 308 g/mol. The molecule has 0 spiro atoms. The predicted octanol–water partition coefficient (Wildman–Crippen LogP) is 3.33. The van der Waals surface area contributed by atoms with Crippen molar-refractivity contribution in [3.8, 4) is 6.07 Å². The number of aromatic nitrogens is 1. The number of pyridine rings is 1. The molecule has 74 valence electrons. The van der Waals surface area contributed by atoms with E-state index in [2.05, 4.69) is 47.5 Å². The van der Waals surface area contributed by atoms with Gasteiger partial charge in [-0.2, -0.15) is 5.26 Å². The van der Waals surface area contributed by atoms with Gasteiger partial charge in [-0.3, -0.25) is 0 Å². The summed E-state index contributed by atoms with van der Waals surface area (Å²) in [5.41, 5.74) is 3.88. The summed E-state index contributed by atoms with van der Waals surface area (Å²) in [4.78, 5) is 4.29. The van der Waals surface area contributed by atoms with Crippen LogP contribution in [0, 0.1) is 28.7 Å². The molecule has 1 heterocycles. The minimum atomic E-state index is 0.474. The van der Waals surface area contributed by atoms with E-state index in [0.29, 0.717) is 5.69 Å². The van der Waals surface area contributed by atoms with Crippen molar-refractivity contribution in [3.05, 3.63) is 38.6 Å². The van der Waals surface area contributed by atoms with E-state index in [1.807, 2.05) is 12.1 Å². The lowest BCUT2D eigenvalue weighted by Crippen LogP contribution is -1.92. The summed E-state index contributed by atoms with van der Waals surface area (Å²) < 4.78 is 1.22. The molecule has 0 saturated heterocycles. The van der Waals surface area contributed by atoms with E-state index in [1.165, 1.54) is 14.7 Å². The van der Waals surface area contributed by atoms with Crippen LogP contribution in [0.1, 0.15) is 16.8 Å². The second-order valence-electron chi connectivity index (χ2n) is 3.51. The third kappa shape index (κ3) is 1.70. The van der Waals surface area contributed by atoms with Gasteiger partial charge in [0.05, 0.1) is 5.52 Å². The highest BCUT2D eigenvalue weighted by atomic mass is 127. The smallest absolute Gasteiger partial charge is 0.141 e. The Hall–Kier alpha value is -1.15. The average Bonchev–Trinajstić information content (AvgIpc) is 2.25. The first-order valence-electron chi connectivity index (χ1n) is 4.60. The van der Waals surface area contributed by atoms with Crippen molar-refractivity contribution >= 4 is 33.5 Å². The van der Waals surface area contributed by atoms with Gasteiger partial charge < -0.3 is 0 Å². The zero-order valence-electron chi connectivity index (χ0n) is 8.50. The third-order valence-corrected chi connectivity index (χ3v) is 3.94. The highest BCUT2D eigenvalue weighted by molar-refractivity contribution is 14.1. The van der Waals surface area contributed by atoms with Crippen LogP contribution in [0.5, 0.6) is 0 Å². The normalized spacial score (nSPS) is 10.3. The number of nitrogens with zero attached hydrogens (tertiary/aromatic N) is 2. The number of nitriles is 1. The minimum Gasteiger partial charge on any atom is -0.237 e. The van der Waals surface area contributed by atoms with E-state index in [-0.39, 0.29) is 0 Å². The van der Waals surface area contributed by atoms with E-state index >= 15 is 0 Å². The van der Waals surface area contributed by atoms with Crippen LogP contribution in [-0.2, 0) is 0 Å². The highest BCUT2D eigenvalue weighted by Gasteiger charge is 2.06. The Bertz CT molecular complexity index is 582. The van der Waals surface area contributed by atoms with E-state index in [0.717, 1.165) is 10.9 Å². The van der Waals surface area contributed by atoms with Gasteiger partial charge in [0.15, 0.2) is 0 Å². The lowest BCUT2D eigenvalue weighted by atomic mass is 10.1. The van der Waals surface area contributed by atoms with Crippen LogP contribution in [0.3, 0.4) is 0 Å². The fourth-order valence-corrected chi connectivity index (χ4v) is 2.40. The highest BCUT2D eigenvalue weighted by Crippen LogP contribution is 2.25. The number of benzene rings is 1. The predicted molar refractivity (Wildman–Crippen MR) is 68.6 cm³/mol. The molecule has 0 aliphatic heterocycles. The number of halogens is 1. The van der Waals surface area contributed by atoms with Crippen molar-refractivity contribution in [1.29, 1.82) is 5.26 Å². The van der Waals surface area contributed by atoms with Gasteiger partial charge in [0.2, 0.25) is 0 Å². The third-order valence-electron chi connectivity index (χ3n) is 2.55. The summed E-state index contributed by atoms with van der Waals surface area (Å²) in [5, 5.41) is 9.90. The van der Waals surface area contributed by atoms with Crippen molar-refractivity contribution in [2.24, 2.45) is 0 Å². The molecule has 0 bridgehead atoms. The standard InChI is InChI=1S/C12H9IN2/c1-7-5-11-10(12(13)8(7)2)4-3-9(6-14)15-11/h3-5H,1-2H3. The summed E-state index contributed by atoms with van der Waals surface area (Å²) in [6.07, 6.45) is 0. The van der Waals surface area contributed by atoms with Gasteiger partial charge in [-0.1, -0.05) is 0 Å². The Balaban J connectivity index is 2.87. The number of rotatable bonds is 0. The van der Waals surface area contributed by atoms with E-state index in [9.17, 15) is 0 Å².